The summed E-state index contributed by atoms with van der Waals surface area (Å²) in [6.45, 7) is 3.40. The van der Waals surface area contributed by atoms with Gasteiger partial charge in [0.25, 0.3) is 0 Å². The molecular weight excluding hydrogens is 300 g/mol. The average molecular weight is 318 g/mol. The number of aromatic nitrogens is 1. The molecule has 0 bridgehead atoms. The second-order valence-corrected chi connectivity index (χ2v) is 5.55. The fraction of sp³-hybridized carbons (Fsp3) is 0.312. The number of rotatable bonds is 6. The molecule has 1 atom stereocenters. The summed E-state index contributed by atoms with van der Waals surface area (Å²) < 4.78 is 4.99. The van der Waals surface area contributed by atoms with Crippen molar-refractivity contribution < 1.29 is 14.3 Å². The lowest BCUT2D eigenvalue weighted by atomic mass is 10.1. The normalized spacial score (nSPS) is 11.7. The average Bonchev–Trinajstić information content (AvgIpc) is 3.01. The minimum Gasteiger partial charge on any atom is -0.464 e. The van der Waals surface area contributed by atoms with E-state index in [1.54, 1.807) is 24.5 Å². The monoisotopic (exact) mass is 318 g/mol. The van der Waals surface area contributed by atoms with Gasteiger partial charge in [-0.2, -0.15) is 11.3 Å². The molecule has 0 saturated carbocycles. The van der Waals surface area contributed by atoms with Gasteiger partial charge in [-0.05, 0) is 30.0 Å². The Morgan fingerprint density at radius 2 is 2.18 bits per heavy atom. The molecule has 6 heteroatoms. The Balaban J connectivity index is 2.09. The third-order valence-corrected chi connectivity index (χ3v) is 3.71. The summed E-state index contributed by atoms with van der Waals surface area (Å²) in [7, 11) is 0. The summed E-state index contributed by atoms with van der Waals surface area (Å²) in [6, 6.07) is 5.14. The van der Waals surface area contributed by atoms with Crippen LogP contribution in [0.15, 0.2) is 35.2 Å². The van der Waals surface area contributed by atoms with Gasteiger partial charge < -0.3 is 10.1 Å². The summed E-state index contributed by atoms with van der Waals surface area (Å²) in [4.78, 5) is 27.5. The van der Waals surface area contributed by atoms with Crippen molar-refractivity contribution in [2.24, 2.45) is 0 Å². The number of hydrogen-bond acceptors (Lipinski definition) is 5. The third-order valence-electron chi connectivity index (χ3n) is 3.03. The van der Waals surface area contributed by atoms with E-state index in [-0.39, 0.29) is 12.5 Å². The van der Waals surface area contributed by atoms with Gasteiger partial charge in [0.1, 0.15) is 6.04 Å². The molecule has 22 heavy (non-hydrogen) atoms. The highest BCUT2D eigenvalue weighted by atomic mass is 32.1. The maximum Gasteiger partial charge on any atom is 0.328 e. The largest absolute Gasteiger partial charge is 0.464 e. The summed E-state index contributed by atoms with van der Waals surface area (Å²) in [5.74, 6) is -0.694. The van der Waals surface area contributed by atoms with Gasteiger partial charge in [0.05, 0.1) is 12.3 Å². The molecule has 1 N–H and O–H groups in total. The fourth-order valence-electron chi connectivity index (χ4n) is 2.04. The Kier molecular flexibility index (Phi) is 5.66. The van der Waals surface area contributed by atoms with Gasteiger partial charge in [-0.3, -0.25) is 9.78 Å². The second-order valence-electron chi connectivity index (χ2n) is 4.77. The van der Waals surface area contributed by atoms with Gasteiger partial charge in [-0.15, -0.1) is 0 Å². The Bertz CT molecular complexity index is 623. The van der Waals surface area contributed by atoms with E-state index in [0.717, 1.165) is 16.8 Å². The summed E-state index contributed by atoms with van der Waals surface area (Å²) >= 11 is 1.62. The van der Waals surface area contributed by atoms with Crippen molar-refractivity contribution in [3.8, 4) is 11.3 Å². The van der Waals surface area contributed by atoms with Crippen molar-refractivity contribution >= 4 is 23.2 Å². The van der Waals surface area contributed by atoms with Crippen LogP contribution >= 0.6 is 11.3 Å². The molecule has 5 nitrogen and oxygen atoms in total. The van der Waals surface area contributed by atoms with E-state index in [2.05, 4.69) is 10.3 Å². The van der Waals surface area contributed by atoms with E-state index in [4.69, 9.17) is 4.74 Å². The number of carbonyl (C=O) groups excluding carboxylic acids is 2. The van der Waals surface area contributed by atoms with E-state index in [1.807, 2.05) is 29.0 Å². The van der Waals surface area contributed by atoms with Gasteiger partial charge in [0, 0.05) is 30.5 Å². The Labute approximate surface area is 133 Å². The van der Waals surface area contributed by atoms with Crippen LogP contribution in [0.4, 0.5) is 0 Å². The molecule has 116 valence electrons. The van der Waals surface area contributed by atoms with Gasteiger partial charge >= 0.3 is 5.97 Å². The van der Waals surface area contributed by atoms with Crippen LogP contribution in [0.3, 0.4) is 0 Å². The molecule has 0 aliphatic heterocycles. The number of hydrogen-bond donors (Lipinski definition) is 1. The zero-order valence-electron chi connectivity index (χ0n) is 12.5. The van der Waals surface area contributed by atoms with E-state index in [9.17, 15) is 9.59 Å². The Morgan fingerprint density at radius 3 is 2.73 bits per heavy atom. The highest BCUT2D eigenvalue weighted by molar-refractivity contribution is 7.08. The lowest BCUT2D eigenvalue weighted by molar-refractivity contribution is -0.147. The van der Waals surface area contributed by atoms with Crippen molar-refractivity contribution in [2.75, 3.05) is 6.61 Å². The van der Waals surface area contributed by atoms with Crippen LogP contribution < -0.4 is 5.32 Å². The molecular formula is C16H18N2O3S. The van der Waals surface area contributed by atoms with Crippen LogP contribution in [-0.2, 0) is 20.7 Å². The SMILES string of the molecule is CCOC(=O)C(Cc1ccc(-c2ccsc2)nc1)NC(C)=O. The summed E-state index contributed by atoms with van der Waals surface area (Å²) in [6.07, 6.45) is 2.08. The van der Waals surface area contributed by atoms with Crippen LogP contribution in [0.2, 0.25) is 0 Å². The van der Waals surface area contributed by atoms with Crippen LogP contribution in [0, 0.1) is 0 Å². The standard InChI is InChI=1S/C16H18N2O3S/c1-3-21-16(20)15(18-11(2)19)8-12-4-5-14(17-9-12)13-6-7-22-10-13/h4-7,9-10,15H,3,8H2,1-2H3,(H,18,19). The van der Waals surface area contributed by atoms with Crippen LogP contribution in [0.5, 0.6) is 0 Å². The first-order valence-electron chi connectivity index (χ1n) is 7.01. The highest BCUT2D eigenvalue weighted by Crippen LogP contribution is 2.20. The number of ether oxygens (including phenoxy) is 1. The molecule has 2 rings (SSSR count). The summed E-state index contributed by atoms with van der Waals surface area (Å²) in [5, 5.41) is 6.64. The van der Waals surface area contributed by atoms with Crippen molar-refractivity contribution in [2.45, 2.75) is 26.3 Å². The maximum absolute atomic E-state index is 11.9. The van der Waals surface area contributed by atoms with E-state index < -0.39 is 12.0 Å². The lowest BCUT2D eigenvalue weighted by Gasteiger charge is -2.16. The number of carbonyl (C=O) groups is 2. The Morgan fingerprint density at radius 1 is 1.36 bits per heavy atom. The molecule has 1 unspecified atom stereocenters. The number of nitrogens with one attached hydrogen (secondary N) is 1. The van der Waals surface area contributed by atoms with Gasteiger partial charge in [0.15, 0.2) is 0 Å². The van der Waals surface area contributed by atoms with Gasteiger partial charge in [0.2, 0.25) is 5.91 Å². The number of thiophene rings is 1. The molecule has 2 aromatic heterocycles. The third kappa shape index (κ3) is 4.39. The van der Waals surface area contributed by atoms with Crippen LogP contribution in [0.25, 0.3) is 11.3 Å². The molecule has 0 radical (unpaired) electrons. The smallest absolute Gasteiger partial charge is 0.328 e. The number of esters is 1. The quantitative estimate of drug-likeness (QED) is 0.831. The predicted octanol–water partition coefficient (Wildman–Crippen LogP) is 2.42. The predicted molar refractivity (Wildman–Crippen MR) is 85.5 cm³/mol. The minimum absolute atomic E-state index is 0.263. The molecule has 1 amide bonds. The molecule has 2 aromatic rings. The molecule has 0 aliphatic carbocycles. The van der Waals surface area contributed by atoms with Crippen molar-refractivity contribution in [3.63, 3.8) is 0 Å². The molecule has 0 fully saturated rings. The first-order chi connectivity index (χ1) is 10.6. The first-order valence-corrected chi connectivity index (χ1v) is 7.95. The topological polar surface area (TPSA) is 68.3 Å². The number of pyridine rings is 1. The lowest BCUT2D eigenvalue weighted by Crippen LogP contribution is -2.42. The molecule has 0 aliphatic rings. The fourth-order valence-corrected chi connectivity index (χ4v) is 2.69. The van der Waals surface area contributed by atoms with Crippen molar-refractivity contribution in [3.05, 3.63) is 40.7 Å². The molecule has 2 heterocycles. The van der Waals surface area contributed by atoms with Crippen molar-refractivity contribution in [1.82, 2.24) is 10.3 Å². The van der Waals surface area contributed by atoms with E-state index >= 15 is 0 Å². The molecule has 0 aromatic carbocycles. The zero-order valence-corrected chi connectivity index (χ0v) is 13.4. The van der Waals surface area contributed by atoms with Gasteiger partial charge in [-0.25, -0.2) is 4.79 Å². The van der Waals surface area contributed by atoms with Crippen molar-refractivity contribution in [1.29, 1.82) is 0 Å². The minimum atomic E-state index is -0.689. The second kappa shape index (κ2) is 7.70. The Hall–Kier alpha value is -2.21. The van der Waals surface area contributed by atoms with Gasteiger partial charge in [-0.1, -0.05) is 6.07 Å². The van der Waals surface area contributed by atoms with Crippen LogP contribution in [-0.4, -0.2) is 29.5 Å². The maximum atomic E-state index is 11.9. The highest BCUT2D eigenvalue weighted by Gasteiger charge is 2.21. The van der Waals surface area contributed by atoms with E-state index in [0.29, 0.717) is 6.42 Å². The summed E-state index contributed by atoms with van der Waals surface area (Å²) in [5.41, 5.74) is 2.82. The zero-order chi connectivity index (χ0) is 15.9. The van der Waals surface area contributed by atoms with E-state index in [1.165, 1.54) is 6.92 Å². The first kappa shape index (κ1) is 16.2. The number of amides is 1. The molecule has 0 spiro atoms. The van der Waals surface area contributed by atoms with Crippen LogP contribution in [0.1, 0.15) is 19.4 Å². The molecule has 0 saturated heterocycles. The number of nitrogens with zero attached hydrogens (tertiary/aromatic N) is 1.